The fourth-order valence-corrected chi connectivity index (χ4v) is 9.80. The SMILES string of the molecule is O=S(=O)([O-])CCCN1/C(=C/c2sc3ccc4c5ccccc5ccc4c3[n+]2CCCS(=O)(=O)[O-])Oc2ccc(-c3csc4ccccc34)cc21. The maximum absolute atomic E-state index is 11.6. The van der Waals surface area contributed by atoms with Crippen LogP contribution in [-0.4, -0.2) is 44.0 Å². The lowest BCUT2D eigenvalue weighted by molar-refractivity contribution is -0.667. The molecule has 7 aromatic rings. The van der Waals surface area contributed by atoms with Gasteiger partial charge in [0.25, 0.3) is 5.01 Å². The van der Waals surface area contributed by atoms with Crippen molar-refractivity contribution in [2.45, 2.75) is 19.4 Å². The van der Waals surface area contributed by atoms with Crippen LogP contribution in [0, 0.1) is 0 Å². The molecule has 2 aromatic heterocycles. The number of hydrogen-bond donors (Lipinski definition) is 0. The number of aryl methyl sites for hydroxylation is 1. The van der Waals surface area contributed by atoms with Gasteiger partial charge in [-0.3, -0.25) is 0 Å². The minimum atomic E-state index is -4.43. The number of ether oxygens (including phenoxy) is 1. The molecule has 0 bridgehead atoms. The molecule has 8 rings (SSSR count). The van der Waals surface area contributed by atoms with E-state index in [-0.39, 0.29) is 25.9 Å². The Balaban J connectivity index is 1.26. The molecule has 9 nitrogen and oxygen atoms in total. The quantitative estimate of drug-likeness (QED) is 0.0803. The summed E-state index contributed by atoms with van der Waals surface area (Å²) in [6.07, 6.45) is 2.07. The zero-order valence-electron chi connectivity index (χ0n) is 26.4. The molecule has 0 spiro atoms. The van der Waals surface area contributed by atoms with Crippen LogP contribution in [0.1, 0.15) is 17.8 Å². The van der Waals surface area contributed by atoms with Crippen molar-refractivity contribution < 1.29 is 35.2 Å². The van der Waals surface area contributed by atoms with Crippen molar-refractivity contribution in [3.05, 3.63) is 107 Å². The molecule has 1 aliphatic heterocycles. The summed E-state index contributed by atoms with van der Waals surface area (Å²) in [6.45, 7) is 0.478. The van der Waals surface area contributed by atoms with Crippen molar-refractivity contribution in [2.24, 2.45) is 0 Å². The van der Waals surface area contributed by atoms with Gasteiger partial charge in [-0.05, 0) is 63.9 Å². The molecule has 0 saturated heterocycles. The molecule has 1 aliphatic rings. The van der Waals surface area contributed by atoms with Gasteiger partial charge < -0.3 is 18.7 Å². The molecule has 0 N–H and O–H groups in total. The first-order valence-corrected chi connectivity index (χ1v) is 20.8. The number of thiazole rings is 1. The third-order valence-corrected chi connectivity index (χ3v) is 12.6. The van der Waals surface area contributed by atoms with Gasteiger partial charge in [-0.25, -0.2) is 16.8 Å². The first-order valence-electron chi connectivity index (χ1n) is 15.9. The van der Waals surface area contributed by atoms with Crippen LogP contribution >= 0.6 is 22.7 Å². The number of thiophene rings is 1. The fraction of sp³-hybridized carbons (Fsp3) is 0.162. The first-order chi connectivity index (χ1) is 24.0. The molecule has 0 aliphatic carbocycles. The number of nitrogens with zero attached hydrogens (tertiary/aromatic N) is 2. The summed E-state index contributed by atoms with van der Waals surface area (Å²) < 4.78 is 80.1. The van der Waals surface area contributed by atoms with Crippen molar-refractivity contribution in [3.8, 4) is 16.9 Å². The highest BCUT2D eigenvalue weighted by Crippen LogP contribution is 2.44. The van der Waals surface area contributed by atoms with Crippen LogP contribution < -0.4 is 14.2 Å². The van der Waals surface area contributed by atoms with Crippen LogP contribution in [0.5, 0.6) is 5.75 Å². The molecule has 0 unspecified atom stereocenters. The molecular formula is C37H29N2O7S4-. The van der Waals surface area contributed by atoms with E-state index < -0.39 is 31.7 Å². The van der Waals surface area contributed by atoms with E-state index in [1.54, 1.807) is 11.3 Å². The Labute approximate surface area is 296 Å². The van der Waals surface area contributed by atoms with Gasteiger partial charge in [0, 0.05) is 40.1 Å². The van der Waals surface area contributed by atoms with Crippen LogP contribution in [0.25, 0.3) is 59.1 Å². The predicted octanol–water partition coefficient (Wildman–Crippen LogP) is 7.44. The number of rotatable bonds is 10. The molecule has 3 heterocycles. The highest BCUT2D eigenvalue weighted by molar-refractivity contribution is 7.85. The van der Waals surface area contributed by atoms with Crippen molar-refractivity contribution in [3.63, 3.8) is 0 Å². The fourth-order valence-electron chi connectivity index (χ4n) is 6.73. The molecule has 0 fully saturated rings. The lowest BCUT2D eigenvalue weighted by Crippen LogP contribution is -2.36. The molecule has 5 aromatic carbocycles. The second kappa shape index (κ2) is 12.7. The number of anilines is 1. The van der Waals surface area contributed by atoms with E-state index in [4.69, 9.17) is 4.74 Å². The summed E-state index contributed by atoms with van der Waals surface area (Å²) in [5, 5.41) is 8.24. The second-order valence-electron chi connectivity index (χ2n) is 12.2. The first kappa shape index (κ1) is 32.8. The lowest BCUT2D eigenvalue weighted by atomic mass is 10.0. The summed E-state index contributed by atoms with van der Waals surface area (Å²) in [7, 11) is -8.86. The van der Waals surface area contributed by atoms with E-state index in [9.17, 15) is 25.9 Å². The summed E-state index contributed by atoms with van der Waals surface area (Å²) in [5.41, 5.74) is 3.71. The average Bonchev–Trinajstić information content (AvgIpc) is 3.77. The smallest absolute Gasteiger partial charge is 0.268 e. The van der Waals surface area contributed by atoms with E-state index in [1.807, 2.05) is 58.0 Å². The molecule has 13 heteroatoms. The van der Waals surface area contributed by atoms with Crippen LogP contribution in [0.2, 0.25) is 0 Å². The Morgan fingerprint density at radius 3 is 2.32 bits per heavy atom. The number of fused-ring (bicyclic) bond motifs is 7. The Hall–Kier alpha value is -4.37. The molecule has 0 saturated carbocycles. The third kappa shape index (κ3) is 6.36. The second-order valence-corrected chi connectivity index (χ2v) is 17.2. The monoisotopic (exact) mass is 741 g/mol. The van der Waals surface area contributed by atoms with Gasteiger partial charge in [0.1, 0.15) is 4.70 Å². The zero-order chi connectivity index (χ0) is 34.6. The van der Waals surface area contributed by atoms with Crippen LogP contribution in [0.3, 0.4) is 0 Å². The molecule has 0 amide bonds. The van der Waals surface area contributed by atoms with E-state index in [2.05, 4.69) is 53.9 Å². The van der Waals surface area contributed by atoms with Gasteiger partial charge in [0.15, 0.2) is 12.3 Å². The Kier molecular flexibility index (Phi) is 8.37. The summed E-state index contributed by atoms with van der Waals surface area (Å²) in [5.74, 6) is 0.0143. The molecular weight excluding hydrogens is 713 g/mol. The summed E-state index contributed by atoms with van der Waals surface area (Å²) >= 11 is 3.17. The highest BCUT2D eigenvalue weighted by Gasteiger charge is 2.30. The van der Waals surface area contributed by atoms with Crippen LogP contribution in [-0.2, 0) is 26.8 Å². The highest BCUT2D eigenvalue weighted by atomic mass is 32.2. The van der Waals surface area contributed by atoms with Crippen LogP contribution in [0.15, 0.2) is 102 Å². The average molecular weight is 742 g/mol. The molecule has 0 atom stereocenters. The Bertz CT molecular complexity index is 2720. The largest absolute Gasteiger partial charge is 0.748 e. The van der Waals surface area contributed by atoms with E-state index in [0.717, 1.165) is 63.7 Å². The predicted molar refractivity (Wildman–Crippen MR) is 199 cm³/mol. The molecule has 50 heavy (non-hydrogen) atoms. The normalized spacial score (nSPS) is 14.4. The summed E-state index contributed by atoms with van der Waals surface area (Å²) in [6, 6.07) is 30.5. The Morgan fingerprint density at radius 1 is 0.760 bits per heavy atom. The molecule has 254 valence electrons. The van der Waals surface area contributed by atoms with Gasteiger partial charge >= 0.3 is 0 Å². The van der Waals surface area contributed by atoms with E-state index >= 15 is 0 Å². The summed E-state index contributed by atoms with van der Waals surface area (Å²) in [4.78, 5) is 1.89. The van der Waals surface area contributed by atoms with Gasteiger partial charge in [-0.1, -0.05) is 72.0 Å². The standard InChI is InChI=1S/C37H30N2O7S4/c40-49(41,42)19-5-17-38-31-21-25(30-23-47-33-10-4-3-9-28(30)33)12-15-32(31)46-35(38)22-36-39(18-6-20-50(43,44)45)37-29-13-11-24-7-1-2-8-26(24)27(29)14-16-34(37)48-36/h1-4,7-16,21-23H,5-6,17-20H2,(H-,40,41,42,43,44,45)/p-1. The van der Waals surface area contributed by atoms with Gasteiger partial charge in [-0.15, -0.1) is 11.3 Å². The van der Waals surface area contributed by atoms with Crippen molar-refractivity contribution in [1.82, 2.24) is 0 Å². The van der Waals surface area contributed by atoms with Crippen LogP contribution in [0.4, 0.5) is 5.69 Å². The maximum Gasteiger partial charge on any atom is 0.268 e. The van der Waals surface area contributed by atoms with Crippen molar-refractivity contribution in [1.29, 1.82) is 0 Å². The number of aromatic nitrogens is 1. The van der Waals surface area contributed by atoms with Crippen molar-refractivity contribution in [2.75, 3.05) is 23.0 Å². The minimum absolute atomic E-state index is 0.0864. The van der Waals surface area contributed by atoms with E-state index in [0.29, 0.717) is 11.6 Å². The lowest BCUT2D eigenvalue weighted by Gasteiger charge is -2.19. The number of hydrogen-bond acceptors (Lipinski definition) is 10. The topological polar surface area (TPSA) is 131 Å². The van der Waals surface area contributed by atoms with Gasteiger partial charge in [-0.2, -0.15) is 4.57 Å². The maximum atomic E-state index is 11.6. The molecule has 0 radical (unpaired) electrons. The zero-order valence-corrected chi connectivity index (χ0v) is 29.7. The Morgan fingerprint density at radius 2 is 1.50 bits per heavy atom. The van der Waals surface area contributed by atoms with Gasteiger partial charge in [0.05, 0.1) is 37.4 Å². The van der Waals surface area contributed by atoms with E-state index in [1.165, 1.54) is 11.3 Å². The third-order valence-electron chi connectivity index (χ3n) is 8.93. The van der Waals surface area contributed by atoms with Gasteiger partial charge in [0.2, 0.25) is 11.4 Å². The minimum Gasteiger partial charge on any atom is -0.748 e. The number of benzene rings is 5. The van der Waals surface area contributed by atoms with Crippen molar-refractivity contribution >= 4 is 96.5 Å².